The van der Waals surface area contributed by atoms with Gasteiger partial charge in [-0.05, 0) is 30.7 Å². The number of nitrogens with zero attached hydrogens (tertiary/aromatic N) is 2. The van der Waals surface area contributed by atoms with E-state index in [1.807, 2.05) is 29.6 Å². The van der Waals surface area contributed by atoms with Gasteiger partial charge in [0.2, 0.25) is 0 Å². The van der Waals surface area contributed by atoms with E-state index >= 15 is 0 Å². The number of benzene rings is 1. The minimum atomic E-state index is 0.633. The molecule has 2 aromatic heterocycles. The number of thiazole rings is 1. The van der Waals surface area contributed by atoms with Crippen molar-refractivity contribution in [1.82, 2.24) is 9.97 Å². The zero-order valence-corrected chi connectivity index (χ0v) is 11.3. The van der Waals surface area contributed by atoms with E-state index in [0.717, 1.165) is 23.0 Å². The minimum absolute atomic E-state index is 0.633. The first-order valence-electron chi connectivity index (χ1n) is 6.03. The molecule has 1 aromatic carbocycles. The maximum atomic E-state index is 5.94. The van der Waals surface area contributed by atoms with Crippen molar-refractivity contribution < 1.29 is 4.74 Å². The number of fused-ring (bicyclic) bond motifs is 1. The molecule has 0 aliphatic rings. The second-order valence-electron chi connectivity index (χ2n) is 4.11. The zero-order valence-electron chi connectivity index (χ0n) is 10.5. The van der Waals surface area contributed by atoms with Crippen LogP contribution in [0.4, 0.5) is 5.69 Å². The topological polar surface area (TPSA) is 61.0 Å². The lowest BCUT2D eigenvalue weighted by Gasteiger charge is -2.07. The second kappa shape index (κ2) is 4.85. The van der Waals surface area contributed by atoms with Crippen LogP contribution in [0.3, 0.4) is 0 Å². The van der Waals surface area contributed by atoms with Gasteiger partial charge in [0, 0.05) is 22.7 Å². The maximum Gasteiger partial charge on any atom is 0.278 e. The van der Waals surface area contributed by atoms with Crippen LogP contribution in [0.1, 0.15) is 12.6 Å². The van der Waals surface area contributed by atoms with Crippen LogP contribution in [0.15, 0.2) is 35.8 Å². The van der Waals surface area contributed by atoms with E-state index in [0.29, 0.717) is 16.6 Å². The standard InChI is InChI=1S/C14H13N3OS/c1-2-9-8-19-14(17-9)18-12-6-5-11(15)10-4-3-7-16-13(10)12/h3-8H,2,15H2,1H3. The van der Waals surface area contributed by atoms with Crippen LogP contribution in [-0.2, 0) is 6.42 Å². The van der Waals surface area contributed by atoms with Gasteiger partial charge in [-0.3, -0.25) is 4.98 Å². The van der Waals surface area contributed by atoms with Crippen LogP contribution >= 0.6 is 11.3 Å². The Morgan fingerprint density at radius 1 is 1.32 bits per heavy atom. The third kappa shape index (κ3) is 2.24. The lowest BCUT2D eigenvalue weighted by Crippen LogP contribution is -1.92. The molecule has 0 bridgehead atoms. The molecule has 0 unspecified atom stereocenters. The van der Waals surface area contributed by atoms with E-state index in [-0.39, 0.29) is 0 Å². The van der Waals surface area contributed by atoms with Crippen LogP contribution in [0.25, 0.3) is 10.9 Å². The number of anilines is 1. The fourth-order valence-electron chi connectivity index (χ4n) is 1.84. The molecule has 2 heterocycles. The van der Waals surface area contributed by atoms with E-state index in [2.05, 4.69) is 16.9 Å². The molecule has 4 nitrogen and oxygen atoms in total. The summed E-state index contributed by atoms with van der Waals surface area (Å²) in [5, 5.41) is 3.53. The lowest BCUT2D eigenvalue weighted by molar-refractivity contribution is 0.482. The third-order valence-corrected chi connectivity index (χ3v) is 3.62. The number of ether oxygens (including phenoxy) is 1. The van der Waals surface area contributed by atoms with Crippen molar-refractivity contribution in [2.45, 2.75) is 13.3 Å². The van der Waals surface area contributed by atoms with E-state index in [1.54, 1.807) is 6.20 Å². The number of rotatable bonds is 3. The monoisotopic (exact) mass is 271 g/mol. The summed E-state index contributed by atoms with van der Waals surface area (Å²) in [6.45, 7) is 2.07. The molecule has 0 spiro atoms. The van der Waals surface area contributed by atoms with E-state index in [1.165, 1.54) is 11.3 Å². The Balaban J connectivity index is 2.03. The minimum Gasteiger partial charge on any atom is -0.429 e. The van der Waals surface area contributed by atoms with Crippen molar-refractivity contribution >= 4 is 27.9 Å². The SMILES string of the molecule is CCc1csc(Oc2ccc(N)c3cccnc23)n1. The number of aryl methyl sites for hydroxylation is 1. The lowest BCUT2D eigenvalue weighted by atomic mass is 10.2. The summed E-state index contributed by atoms with van der Waals surface area (Å²) in [5.41, 5.74) is 8.43. The molecule has 5 heteroatoms. The van der Waals surface area contributed by atoms with Gasteiger partial charge in [0.1, 0.15) is 5.52 Å². The number of hydrogen-bond acceptors (Lipinski definition) is 5. The Hall–Kier alpha value is -2.14. The summed E-state index contributed by atoms with van der Waals surface area (Å²) in [4.78, 5) is 8.73. The average Bonchev–Trinajstić information content (AvgIpc) is 2.90. The van der Waals surface area contributed by atoms with Crippen molar-refractivity contribution in [2.75, 3.05) is 5.73 Å². The normalized spacial score (nSPS) is 10.8. The van der Waals surface area contributed by atoms with Gasteiger partial charge >= 0.3 is 0 Å². The van der Waals surface area contributed by atoms with Crippen LogP contribution in [0.2, 0.25) is 0 Å². The molecule has 3 aromatic rings. The molecular formula is C14H13N3OS. The van der Waals surface area contributed by atoms with Crippen LogP contribution in [-0.4, -0.2) is 9.97 Å². The van der Waals surface area contributed by atoms with Gasteiger partial charge in [-0.25, -0.2) is 4.98 Å². The van der Waals surface area contributed by atoms with Gasteiger partial charge in [-0.2, -0.15) is 0 Å². The molecule has 0 radical (unpaired) electrons. The summed E-state index contributed by atoms with van der Waals surface area (Å²) in [7, 11) is 0. The molecular weight excluding hydrogens is 258 g/mol. The third-order valence-electron chi connectivity index (χ3n) is 2.86. The number of aromatic nitrogens is 2. The fourth-order valence-corrected chi connectivity index (χ4v) is 2.61. The molecule has 0 aliphatic heterocycles. The largest absolute Gasteiger partial charge is 0.429 e. The number of nitrogens with two attached hydrogens (primary N) is 1. The van der Waals surface area contributed by atoms with Crippen molar-refractivity contribution in [3.63, 3.8) is 0 Å². The first-order valence-corrected chi connectivity index (χ1v) is 6.91. The maximum absolute atomic E-state index is 5.94. The Kier molecular flexibility index (Phi) is 3.05. The number of hydrogen-bond donors (Lipinski definition) is 1. The van der Waals surface area contributed by atoms with Gasteiger partial charge in [0.25, 0.3) is 5.19 Å². The predicted molar refractivity (Wildman–Crippen MR) is 77.7 cm³/mol. The first-order chi connectivity index (χ1) is 9.28. The summed E-state index contributed by atoms with van der Waals surface area (Å²) in [6.07, 6.45) is 2.63. The Morgan fingerprint density at radius 3 is 3.00 bits per heavy atom. The van der Waals surface area contributed by atoms with Gasteiger partial charge in [-0.15, -0.1) is 0 Å². The van der Waals surface area contributed by atoms with Gasteiger partial charge in [-0.1, -0.05) is 18.3 Å². The number of pyridine rings is 1. The van der Waals surface area contributed by atoms with Crippen LogP contribution in [0.5, 0.6) is 10.9 Å². The smallest absolute Gasteiger partial charge is 0.278 e. The quantitative estimate of drug-likeness (QED) is 0.739. The molecule has 0 fully saturated rings. The molecule has 19 heavy (non-hydrogen) atoms. The van der Waals surface area contributed by atoms with E-state index in [9.17, 15) is 0 Å². The van der Waals surface area contributed by atoms with Gasteiger partial charge in [0.15, 0.2) is 5.75 Å². The molecule has 0 saturated heterocycles. The molecule has 0 amide bonds. The highest BCUT2D eigenvalue weighted by atomic mass is 32.1. The van der Waals surface area contributed by atoms with Gasteiger partial charge in [0.05, 0.1) is 5.69 Å². The predicted octanol–water partition coefficient (Wildman–Crippen LogP) is 3.63. The Morgan fingerprint density at radius 2 is 2.21 bits per heavy atom. The van der Waals surface area contributed by atoms with Crippen molar-refractivity contribution in [1.29, 1.82) is 0 Å². The second-order valence-corrected chi connectivity index (χ2v) is 4.93. The van der Waals surface area contributed by atoms with E-state index < -0.39 is 0 Å². The molecule has 2 N–H and O–H groups in total. The zero-order chi connectivity index (χ0) is 13.2. The average molecular weight is 271 g/mol. The highest BCUT2D eigenvalue weighted by Crippen LogP contribution is 2.32. The summed E-state index contributed by atoms with van der Waals surface area (Å²) in [5.74, 6) is 0.682. The highest BCUT2D eigenvalue weighted by molar-refractivity contribution is 7.11. The van der Waals surface area contributed by atoms with Crippen molar-refractivity contribution in [3.05, 3.63) is 41.5 Å². The van der Waals surface area contributed by atoms with Crippen molar-refractivity contribution in [3.8, 4) is 10.9 Å². The van der Waals surface area contributed by atoms with Crippen molar-refractivity contribution in [2.24, 2.45) is 0 Å². The summed E-state index contributed by atoms with van der Waals surface area (Å²) >= 11 is 1.49. The number of nitrogen functional groups attached to an aromatic ring is 1. The Bertz CT molecular complexity index is 724. The highest BCUT2D eigenvalue weighted by Gasteiger charge is 2.09. The molecule has 0 atom stereocenters. The first kappa shape index (κ1) is 11.9. The molecule has 0 aliphatic carbocycles. The molecule has 0 saturated carbocycles. The van der Waals surface area contributed by atoms with Crippen LogP contribution in [0, 0.1) is 0 Å². The summed E-state index contributed by atoms with van der Waals surface area (Å²) < 4.78 is 5.82. The summed E-state index contributed by atoms with van der Waals surface area (Å²) in [6, 6.07) is 7.45. The fraction of sp³-hybridized carbons (Fsp3) is 0.143. The molecule has 3 rings (SSSR count). The van der Waals surface area contributed by atoms with E-state index in [4.69, 9.17) is 10.5 Å². The molecule has 96 valence electrons. The van der Waals surface area contributed by atoms with Gasteiger partial charge < -0.3 is 10.5 Å². The van der Waals surface area contributed by atoms with Crippen LogP contribution < -0.4 is 10.5 Å². The Labute approximate surface area is 114 Å².